The molecular weight excluding hydrogens is 425 g/mol. The van der Waals surface area contributed by atoms with E-state index in [1.165, 1.54) is 28.5 Å². The Kier molecular flexibility index (Phi) is 6.50. The number of anilines is 1. The van der Waals surface area contributed by atoms with Gasteiger partial charge in [0.05, 0.1) is 28.5 Å². The Labute approximate surface area is 174 Å². The van der Waals surface area contributed by atoms with Crippen LogP contribution in [0.25, 0.3) is 0 Å². The molecule has 2 heterocycles. The summed E-state index contributed by atoms with van der Waals surface area (Å²) < 4.78 is 4.85. The number of thiazole rings is 1. The van der Waals surface area contributed by atoms with Gasteiger partial charge in [-0.2, -0.15) is 0 Å². The van der Waals surface area contributed by atoms with E-state index in [0.717, 1.165) is 5.56 Å². The maximum absolute atomic E-state index is 12.1. The van der Waals surface area contributed by atoms with Crippen LogP contribution in [0, 0.1) is 0 Å². The molecule has 2 N–H and O–H groups in total. The first kappa shape index (κ1) is 20.1. The minimum Gasteiger partial charge on any atom is -0.351 e. The molecule has 0 aliphatic carbocycles. The maximum Gasteiger partial charge on any atom is 0.321 e. The average Bonchev–Trinajstić information content (AvgIpc) is 3.34. The molecule has 0 bridgehead atoms. The highest BCUT2D eigenvalue weighted by atomic mass is 35.5. The summed E-state index contributed by atoms with van der Waals surface area (Å²) >= 11 is 13.1. The average molecular weight is 440 g/mol. The van der Waals surface area contributed by atoms with Crippen molar-refractivity contribution in [1.29, 1.82) is 0 Å². The molecule has 0 unspecified atom stereocenters. The zero-order chi connectivity index (χ0) is 20.1. The van der Waals surface area contributed by atoms with Crippen LogP contribution in [-0.2, 0) is 13.1 Å². The summed E-state index contributed by atoms with van der Waals surface area (Å²) in [6.45, 7) is 0.554. The number of halogens is 2. The van der Waals surface area contributed by atoms with Crippen molar-refractivity contribution in [1.82, 2.24) is 20.4 Å². The molecule has 3 aromatic rings. The molecule has 0 aliphatic heterocycles. The van der Waals surface area contributed by atoms with Gasteiger partial charge in [-0.25, -0.2) is 9.78 Å². The lowest BCUT2D eigenvalue weighted by Gasteiger charge is -2.13. The van der Waals surface area contributed by atoms with Crippen LogP contribution in [0.4, 0.5) is 9.93 Å². The molecule has 11 heteroatoms. The molecule has 1 aromatic carbocycles. The van der Waals surface area contributed by atoms with E-state index in [4.69, 9.17) is 27.7 Å². The second kappa shape index (κ2) is 9.05. The number of urea groups is 1. The second-order valence-electron chi connectivity index (χ2n) is 5.74. The van der Waals surface area contributed by atoms with Gasteiger partial charge in [0.2, 0.25) is 5.76 Å². The summed E-state index contributed by atoms with van der Waals surface area (Å²) in [6, 6.07) is 6.22. The van der Waals surface area contributed by atoms with Gasteiger partial charge in [-0.3, -0.25) is 10.1 Å². The number of carbonyl (C=O) groups excluding carboxylic acids is 2. The third-order valence-electron chi connectivity index (χ3n) is 3.60. The molecule has 0 saturated heterocycles. The number of nitrogens with zero attached hydrogens (tertiary/aromatic N) is 3. The minimum absolute atomic E-state index is 0.151. The Morgan fingerprint density at radius 1 is 1.25 bits per heavy atom. The van der Waals surface area contributed by atoms with E-state index in [-0.39, 0.29) is 24.8 Å². The fourth-order valence-electron chi connectivity index (χ4n) is 2.24. The summed E-state index contributed by atoms with van der Waals surface area (Å²) in [6.07, 6.45) is 1.41. The number of hydrogen-bond donors (Lipinski definition) is 2. The van der Waals surface area contributed by atoms with Crippen molar-refractivity contribution >= 4 is 51.6 Å². The van der Waals surface area contributed by atoms with Gasteiger partial charge in [-0.1, -0.05) is 34.4 Å². The number of nitrogens with one attached hydrogen (secondary N) is 2. The van der Waals surface area contributed by atoms with Crippen LogP contribution >= 0.6 is 34.5 Å². The Hall–Kier alpha value is -2.62. The minimum atomic E-state index is -0.405. The van der Waals surface area contributed by atoms with Gasteiger partial charge in [0.25, 0.3) is 5.91 Å². The van der Waals surface area contributed by atoms with Crippen molar-refractivity contribution in [3.05, 3.63) is 62.9 Å². The van der Waals surface area contributed by atoms with Gasteiger partial charge in [-0.15, -0.1) is 11.3 Å². The molecule has 146 valence electrons. The molecule has 8 nitrogen and oxygen atoms in total. The summed E-state index contributed by atoms with van der Waals surface area (Å²) in [4.78, 5) is 29.9. The van der Waals surface area contributed by atoms with Crippen LogP contribution in [0.3, 0.4) is 0 Å². The predicted molar refractivity (Wildman–Crippen MR) is 107 cm³/mol. The van der Waals surface area contributed by atoms with Crippen LogP contribution in [0.1, 0.15) is 21.8 Å². The van der Waals surface area contributed by atoms with E-state index in [1.54, 1.807) is 30.6 Å². The van der Waals surface area contributed by atoms with Crippen LogP contribution in [-0.4, -0.2) is 34.0 Å². The fourth-order valence-corrected chi connectivity index (χ4v) is 3.26. The van der Waals surface area contributed by atoms with Crippen LogP contribution in [0.2, 0.25) is 10.0 Å². The highest BCUT2D eigenvalue weighted by Crippen LogP contribution is 2.22. The Bertz CT molecular complexity index is 977. The van der Waals surface area contributed by atoms with Crippen molar-refractivity contribution < 1.29 is 14.1 Å². The van der Waals surface area contributed by atoms with Crippen LogP contribution < -0.4 is 10.6 Å². The molecule has 0 radical (unpaired) electrons. The van der Waals surface area contributed by atoms with E-state index in [1.807, 2.05) is 0 Å². The largest absolute Gasteiger partial charge is 0.351 e. The van der Waals surface area contributed by atoms with E-state index in [2.05, 4.69) is 20.8 Å². The van der Waals surface area contributed by atoms with E-state index in [9.17, 15) is 9.59 Å². The Balaban J connectivity index is 1.50. The molecule has 0 saturated carbocycles. The third-order valence-corrected chi connectivity index (χ3v) is 5.15. The van der Waals surface area contributed by atoms with Crippen molar-refractivity contribution in [3.8, 4) is 0 Å². The summed E-state index contributed by atoms with van der Waals surface area (Å²) in [7, 11) is 1.63. The van der Waals surface area contributed by atoms with Gasteiger partial charge in [-0.05, 0) is 17.7 Å². The molecule has 0 fully saturated rings. The van der Waals surface area contributed by atoms with Gasteiger partial charge in [0.1, 0.15) is 0 Å². The lowest BCUT2D eigenvalue weighted by molar-refractivity contribution is 0.0742. The van der Waals surface area contributed by atoms with Crippen molar-refractivity contribution in [2.45, 2.75) is 13.1 Å². The standard InChI is InChI=1S/C17H15Cl2N5O3S/c1-24(15(25)14-4-5-21-27-14)8-11-9-28-17(22-11)23-16(26)20-7-10-2-3-12(18)13(19)6-10/h2-6,9H,7-8H2,1H3,(H2,20,22,23,26). The number of hydrogen-bond acceptors (Lipinski definition) is 6. The smallest absolute Gasteiger partial charge is 0.321 e. The van der Waals surface area contributed by atoms with Crippen LogP contribution in [0.5, 0.6) is 0 Å². The number of aromatic nitrogens is 2. The molecule has 0 aliphatic rings. The lowest BCUT2D eigenvalue weighted by atomic mass is 10.2. The molecule has 3 amide bonds. The zero-order valence-electron chi connectivity index (χ0n) is 14.6. The quantitative estimate of drug-likeness (QED) is 0.603. The number of amides is 3. The van der Waals surface area contributed by atoms with E-state index in [0.29, 0.717) is 20.9 Å². The first-order valence-electron chi connectivity index (χ1n) is 8.01. The van der Waals surface area contributed by atoms with Gasteiger partial charge >= 0.3 is 6.03 Å². The highest BCUT2D eigenvalue weighted by molar-refractivity contribution is 7.13. The number of rotatable bonds is 6. The molecule has 0 spiro atoms. The van der Waals surface area contributed by atoms with E-state index >= 15 is 0 Å². The normalized spacial score (nSPS) is 10.5. The highest BCUT2D eigenvalue weighted by Gasteiger charge is 2.17. The summed E-state index contributed by atoms with van der Waals surface area (Å²) in [5, 5.41) is 11.9. The fraction of sp³-hybridized carbons (Fsp3) is 0.176. The number of carbonyl (C=O) groups is 2. The maximum atomic E-state index is 12.1. The van der Waals surface area contributed by atoms with Gasteiger partial charge in [0.15, 0.2) is 5.13 Å². The van der Waals surface area contributed by atoms with Crippen molar-refractivity contribution in [2.75, 3.05) is 12.4 Å². The molecular formula is C17H15Cl2N5O3S. The molecule has 28 heavy (non-hydrogen) atoms. The van der Waals surface area contributed by atoms with E-state index < -0.39 is 6.03 Å². The Morgan fingerprint density at radius 2 is 2.07 bits per heavy atom. The lowest BCUT2D eigenvalue weighted by Crippen LogP contribution is -2.28. The first-order valence-corrected chi connectivity index (χ1v) is 9.65. The first-order chi connectivity index (χ1) is 13.4. The molecule has 2 aromatic heterocycles. The third kappa shape index (κ3) is 5.22. The zero-order valence-corrected chi connectivity index (χ0v) is 16.9. The monoisotopic (exact) mass is 439 g/mol. The second-order valence-corrected chi connectivity index (χ2v) is 7.41. The summed E-state index contributed by atoms with van der Waals surface area (Å²) in [5.41, 5.74) is 1.46. The van der Waals surface area contributed by atoms with Gasteiger partial charge < -0.3 is 14.7 Å². The summed E-state index contributed by atoms with van der Waals surface area (Å²) in [5.74, 6) is -0.155. The van der Waals surface area contributed by atoms with Crippen LogP contribution in [0.15, 0.2) is 40.4 Å². The molecule has 3 rings (SSSR count). The topological polar surface area (TPSA) is 100 Å². The number of benzene rings is 1. The van der Waals surface area contributed by atoms with Crippen molar-refractivity contribution in [3.63, 3.8) is 0 Å². The SMILES string of the molecule is CN(Cc1csc(NC(=O)NCc2ccc(Cl)c(Cl)c2)n1)C(=O)c1ccno1. The van der Waals surface area contributed by atoms with Crippen molar-refractivity contribution in [2.24, 2.45) is 0 Å². The Morgan fingerprint density at radius 3 is 2.79 bits per heavy atom. The molecule has 0 atom stereocenters. The van der Waals surface area contributed by atoms with Gasteiger partial charge in [0, 0.05) is 25.0 Å². The predicted octanol–water partition coefficient (Wildman–Crippen LogP) is 4.03.